The fourth-order valence-electron chi connectivity index (χ4n) is 2.66. The van der Waals surface area contributed by atoms with Gasteiger partial charge in [-0.3, -0.25) is 4.57 Å². The molecule has 0 saturated carbocycles. The Labute approximate surface area is 106 Å². The van der Waals surface area contributed by atoms with E-state index >= 15 is 0 Å². The van der Waals surface area contributed by atoms with Gasteiger partial charge in [-0.05, 0) is 24.6 Å². The molecule has 2 aromatic rings. The summed E-state index contributed by atoms with van der Waals surface area (Å²) in [5.74, 6) is 0. The molecule has 1 aliphatic heterocycles. The van der Waals surface area contributed by atoms with Gasteiger partial charge in [-0.15, -0.1) is 0 Å². The first-order valence-electron chi connectivity index (χ1n) is 6.23. The molecular formula is C14H17N3O. The number of fused-ring (bicyclic) bond motifs is 3. The Kier molecular flexibility index (Phi) is 2.59. The first-order valence-corrected chi connectivity index (χ1v) is 6.23. The summed E-state index contributed by atoms with van der Waals surface area (Å²) >= 11 is 0. The van der Waals surface area contributed by atoms with Crippen LogP contribution in [-0.4, -0.2) is 36.1 Å². The number of amides is 1. The highest BCUT2D eigenvalue weighted by Gasteiger charge is 2.23. The van der Waals surface area contributed by atoms with Gasteiger partial charge in [0.1, 0.15) is 0 Å². The molecule has 0 saturated heterocycles. The summed E-state index contributed by atoms with van der Waals surface area (Å²) in [6.45, 7) is 1.75. The van der Waals surface area contributed by atoms with Gasteiger partial charge in [-0.2, -0.15) is 0 Å². The van der Waals surface area contributed by atoms with Crippen LogP contribution in [0.5, 0.6) is 0 Å². The quantitative estimate of drug-likeness (QED) is 0.766. The number of hydrogen-bond acceptors (Lipinski definition) is 2. The molecule has 0 radical (unpaired) electrons. The molecule has 1 aromatic carbocycles. The molecule has 0 fully saturated rings. The van der Waals surface area contributed by atoms with Crippen molar-refractivity contribution in [1.29, 1.82) is 0 Å². The number of hydrogen-bond donors (Lipinski definition) is 1. The maximum absolute atomic E-state index is 12.4. The van der Waals surface area contributed by atoms with Crippen molar-refractivity contribution in [3.8, 4) is 0 Å². The minimum atomic E-state index is 0.0242. The summed E-state index contributed by atoms with van der Waals surface area (Å²) in [4.78, 5) is 14.0. The zero-order chi connectivity index (χ0) is 12.7. The summed E-state index contributed by atoms with van der Waals surface area (Å²) in [6, 6.07) is 8.18. The number of nitrogens with one attached hydrogen (secondary N) is 1. The number of benzene rings is 1. The van der Waals surface area contributed by atoms with Gasteiger partial charge < -0.3 is 10.2 Å². The van der Waals surface area contributed by atoms with Gasteiger partial charge in [0.15, 0.2) is 0 Å². The predicted octanol–water partition coefficient (Wildman–Crippen LogP) is 1.82. The molecular weight excluding hydrogens is 226 g/mol. The van der Waals surface area contributed by atoms with Gasteiger partial charge in [0.05, 0.1) is 5.52 Å². The van der Waals surface area contributed by atoms with Gasteiger partial charge in [-0.1, -0.05) is 18.2 Å². The highest BCUT2D eigenvalue weighted by atomic mass is 16.2. The second-order valence-corrected chi connectivity index (χ2v) is 4.88. The molecule has 0 spiro atoms. The van der Waals surface area contributed by atoms with E-state index in [9.17, 15) is 4.79 Å². The average molecular weight is 243 g/mol. The largest absolute Gasteiger partial charge is 0.330 e. The maximum Gasteiger partial charge on any atom is 0.328 e. The van der Waals surface area contributed by atoms with E-state index in [4.69, 9.17) is 0 Å². The summed E-state index contributed by atoms with van der Waals surface area (Å²) < 4.78 is 1.84. The van der Waals surface area contributed by atoms with Crippen molar-refractivity contribution in [3.63, 3.8) is 0 Å². The van der Waals surface area contributed by atoms with Gasteiger partial charge in [0, 0.05) is 31.7 Å². The fourth-order valence-corrected chi connectivity index (χ4v) is 2.66. The Balaban J connectivity index is 2.32. The van der Waals surface area contributed by atoms with Crippen LogP contribution in [0.4, 0.5) is 4.79 Å². The van der Waals surface area contributed by atoms with E-state index in [1.165, 1.54) is 10.9 Å². The molecule has 1 aliphatic rings. The van der Waals surface area contributed by atoms with Crippen LogP contribution >= 0.6 is 0 Å². The lowest BCUT2D eigenvalue weighted by Gasteiger charge is -2.18. The summed E-state index contributed by atoms with van der Waals surface area (Å²) in [6.07, 6.45) is 0.990. The molecule has 2 heterocycles. The number of aromatic nitrogens is 1. The Morgan fingerprint density at radius 1 is 1.33 bits per heavy atom. The summed E-state index contributed by atoms with van der Waals surface area (Å²) in [5, 5.41) is 4.56. The second kappa shape index (κ2) is 4.14. The van der Waals surface area contributed by atoms with Crippen LogP contribution in [-0.2, 0) is 13.0 Å². The molecule has 0 aliphatic carbocycles. The SMILES string of the molecule is CN(C)C(=O)n1c2c(c3ccccc31)CCNC2. The topological polar surface area (TPSA) is 37.3 Å². The van der Waals surface area contributed by atoms with Crippen LogP contribution in [0, 0.1) is 0 Å². The molecule has 0 bridgehead atoms. The van der Waals surface area contributed by atoms with Crippen LogP contribution in [0.2, 0.25) is 0 Å². The fraction of sp³-hybridized carbons (Fsp3) is 0.357. The predicted molar refractivity (Wildman–Crippen MR) is 71.8 cm³/mol. The first-order chi connectivity index (χ1) is 8.70. The van der Waals surface area contributed by atoms with Crippen molar-refractivity contribution in [2.75, 3.05) is 20.6 Å². The normalized spacial score (nSPS) is 14.6. The summed E-state index contributed by atoms with van der Waals surface area (Å²) in [7, 11) is 3.58. The van der Waals surface area contributed by atoms with E-state index in [0.29, 0.717) is 0 Å². The lowest BCUT2D eigenvalue weighted by molar-refractivity contribution is 0.219. The Bertz CT molecular complexity index is 613. The van der Waals surface area contributed by atoms with Gasteiger partial charge in [0.2, 0.25) is 0 Å². The lowest BCUT2D eigenvalue weighted by atomic mass is 10.1. The number of carbonyl (C=O) groups is 1. The van der Waals surface area contributed by atoms with Crippen LogP contribution in [0.25, 0.3) is 10.9 Å². The molecule has 94 valence electrons. The van der Waals surface area contributed by atoms with Gasteiger partial charge in [-0.25, -0.2) is 4.79 Å². The van der Waals surface area contributed by atoms with Crippen molar-refractivity contribution < 1.29 is 4.79 Å². The smallest absolute Gasteiger partial charge is 0.328 e. The molecule has 3 rings (SSSR count). The van der Waals surface area contributed by atoms with Gasteiger partial charge in [0.25, 0.3) is 0 Å². The minimum Gasteiger partial charge on any atom is -0.330 e. The highest BCUT2D eigenvalue weighted by molar-refractivity contribution is 5.95. The van der Waals surface area contributed by atoms with E-state index in [0.717, 1.165) is 30.7 Å². The highest BCUT2D eigenvalue weighted by Crippen LogP contribution is 2.28. The number of nitrogens with zero attached hydrogens (tertiary/aromatic N) is 2. The summed E-state index contributed by atoms with van der Waals surface area (Å²) in [5.41, 5.74) is 3.45. The van der Waals surface area contributed by atoms with Crippen LogP contribution in [0.15, 0.2) is 24.3 Å². The van der Waals surface area contributed by atoms with E-state index in [-0.39, 0.29) is 6.03 Å². The van der Waals surface area contributed by atoms with E-state index in [1.807, 2.05) is 22.8 Å². The molecule has 0 unspecified atom stereocenters. The standard InChI is InChI=1S/C14H17N3O/c1-16(2)14(18)17-12-6-4-3-5-10(12)11-7-8-15-9-13(11)17/h3-6,15H,7-9H2,1-2H3. The van der Waals surface area contributed by atoms with Crippen molar-refractivity contribution in [1.82, 2.24) is 14.8 Å². The molecule has 1 amide bonds. The van der Waals surface area contributed by atoms with E-state index < -0.39 is 0 Å². The lowest BCUT2D eigenvalue weighted by Crippen LogP contribution is -2.32. The average Bonchev–Trinajstić information content (AvgIpc) is 2.72. The third-order valence-electron chi connectivity index (χ3n) is 3.51. The zero-order valence-corrected chi connectivity index (χ0v) is 10.7. The van der Waals surface area contributed by atoms with Crippen LogP contribution < -0.4 is 5.32 Å². The molecule has 4 heteroatoms. The minimum absolute atomic E-state index is 0.0242. The van der Waals surface area contributed by atoms with Crippen molar-refractivity contribution >= 4 is 16.9 Å². The maximum atomic E-state index is 12.4. The van der Waals surface area contributed by atoms with Crippen LogP contribution in [0.1, 0.15) is 11.3 Å². The molecule has 1 aromatic heterocycles. The van der Waals surface area contributed by atoms with Crippen molar-refractivity contribution in [2.24, 2.45) is 0 Å². The van der Waals surface area contributed by atoms with Gasteiger partial charge >= 0.3 is 6.03 Å². The third kappa shape index (κ3) is 1.53. The Morgan fingerprint density at radius 2 is 2.11 bits per heavy atom. The zero-order valence-electron chi connectivity index (χ0n) is 10.7. The molecule has 18 heavy (non-hydrogen) atoms. The molecule has 0 atom stereocenters. The van der Waals surface area contributed by atoms with Crippen LogP contribution in [0.3, 0.4) is 0 Å². The second-order valence-electron chi connectivity index (χ2n) is 4.88. The third-order valence-corrected chi connectivity index (χ3v) is 3.51. The Hall–Kier alpha value is -1.81. The molecule has 4 nitrogen and oxygen atoms in total. The number of carbonyl (C=O) groups excluding carboxylic acids is 1. The van der Waals surface area contributed by atoms with Crippen molar-refractivity contribution in [3.05, 3.63) is 35.5 Å². The molecule has 1 N–H and O–H groups in total. The number of para-hydroxylation sites is 1. The van der Waals surface area contributed by atoms with E-state index in [2.05, 4.69) is 11.4 Å². The first kappa shape index (κ1) is 11.3. The number of rotatable bonds is 0. The van der Waals surface area contributed by atoms with E-state index in [1.54, 1.807) is 19.0 Å². The monoisotopic (exact) mass is 243 g/mol. The Morgan fingerprint density at radius 3 is 2.89 bits per heavy atom. The van der Waals surface area contributed by atoms with Crippen molar-refractivity contribution in [2.45, 2.75) is 13.0 Å².